The molecule has 0 aliphatic carbocycles. The van der Waals surface area contributed by atoms with Crippen LogP contribution < -0.4 is 10.9 Å². The van der Waals surface area contributed by atoms with E-state index < -0.39 is 0 Å². The van der Waals surface area contributed by atoms with Crippen LogP contribution >= 0.6 is 0 Å². The third kappa shape index (κ3) is 3.25. The summed E-state index contributed by atoms with van der Waals surface area (Å²) < 4.78 is 1.59. The Kier molecular flexibility index (Phi) is 4.09. The van der Waals surface area contributed by atoms with Crippen molar-refractivity contribution in [3.8, 4) is 0 Å². The molecule has 3 heterocycles. The van der Waals surface area contributed by atoms with Gasteiger partial charge in [-0.1, -0.05) is 36.4 Å². The molecule has 0 fully saturated rings. The van der Waals surface area contributed by atoms with Gasteiger partial charge in [0, 0.05) is 48.0 Å². The molecule has 2 aromatic carbocycles. The summed E-state index contributed by atoms with van der Waals surface area (Å²) in [7, 11) is 1.75. The summed E-state index contributed by atoms with van der Waals surface area (Å²) in [6.45, 7) is 0. The lowest BCUT2D eigenvalue weighted by Crippen LogP contribution is -2.22. The minimum absolute atomic E-state index is 0.0428. The molecule has 2 N–H and O–H groups in total. The Labute approximate surface area is 166 Å². The number of pyridine rings is 1. The summed E-state index contributed by atoms with van der Waals surface area (Å²) in [6, 6.07) is 19.9. The van der Waals surface area contributed by atoms with Gasteiger partial charge >= 0.3 is 0 Å². The number of benzene rings is 2. The number of aromatic nitrogens is 4. The Morgan fingerprint density at radius 1 is 1.03 bits per heavy atom. The third-order valence-electron chi connectivity index (χ3n) is 5.07. The molecule has 3 aromatic heterocycles. The molecule has 0 unspecified atom stereocenters. The quantitative estimate of drug-likeness (QED) is 0.490. The van der Waals surface area contributed by atoms with E-state index >= 15 is 0 Å². The van der Waals surface area contributed by atoms with Crippen LogP contribution in [0.15, 0.2) is 77.9 Å². The van der Waals surface area contributed by atoms with Crippen molar-refractivity contribution in [1.29, 1.82) is 0 Å². The first-order valence-corrected chi connectivity index (χ1v) is 9.41. The van der Waals surface area contributed by atoms with Gasteiger partial charge in [-0.2, -0.15) is 4.98 Å². The highest BCUT2D eigenvalue weighted by Gasteiger charge is 2.10. The molecule has 0 bridgehead atoms. The first-order chi connectivity index (χ1) is 14.2. The molecule has 142 valence electrons. The Balaban J connectivity index is 1.50. The highest BCUT2D eigenvalue weighted by molar-refractivity contribution is 5.84. The summed E-state index contributed by atoms with van der Waals surface area (Å²) in [6.07, 6.45) is 4.25. The van der Waals surface area contributed by atoms with Gasteiger partial charge in [-0.3, -0.25) is 9.36 Å². The van der Waals surface area contributed by atoms with E-state index in [4.69, 9.17) is 0 Å². The van der Waals surface area contributed by atoms with Crippen LogP contribution in [0.5, 0.6) is 0 Å². The van der Waals surface area contributed by atoms with Gasteiger partial charge in [-0.25, -0.2) is 4.98 Å². The van der Waals surface area contributed by atoms with Crippen LogP contribution in [-0.2, 0) is 13.5 Å². The summed E-state index contributed by atoms with van der Waals surface area (Å²) in [5.74, 6) is 0.453. The second-order valence-corrected chi connectivity index (χ2v) is 7.07. The van der Waals surface area contributed by atoms with Crippen molar-refractivity contribution in [3.05, 3.63) is 94.5 Å². The molecule has 0 saturated heterocycles. The normalized spacial score (nSPS) is 11.2. The zero-order chi connectivity index (χ0) is 19.8. The fourth-order valence-electron chi connectivity index (χ4n) is 3.57. The number of hydrogen-bond donors (Lipinski definition) is 2. The Bertz CT molecular complexity index is 1390. The number of aromatic amines is 1. The van der Waals surface area contributed by atoms with Crippen molar-refractivity contribution in [2.24, 2.45) is 7.05 Å². The first-order valence-electron chi connectivity index (χ1n) is 9.41. The molecule has 6 heteroatoms. The smallest absolute Gasteiger partial charge is 0.255 e. The second kappa shape index (κ2) is 6.91. The van der Waals surface area contributed by atoms with Gasteiger partial charge in [0.15, 0.2) is 0 Å². The minimum atomic E-state index is -0.0428. The van der Waals surface area contributed by atoms with Crippen LogP contribution in [-0.4, -0.2) is 19.5 Å². The van der Waals surface area contributed by atoms with Gasteiger partial charge in [-0.15, -0.1) is 0 Å². The lowest BCUT2D eigenvalue weighted by molar-refractivity contribution is 0.863. The standard InChI is InChI=1S/C23H19N5O/c1-28-21-18(12-17(22(28)29)11-15-5-3-2-4-6-15)14-25-23(27-21)26-19-8-7-16-9-10-24-20(16)13-19/h2-10,12-14,24H,11H2,1H3,(H,25,26,27). The van der Waals surface area contributed by atoms with E-state index in [0.717, 1.165) is 33.1 Å². The largest absolute Gasteiger partial charge is 0.361 e. The van der Waals surface area contributed by atoms with E-state index in [1.54, 1.807) is 17.8 Å². The predicted molar refractivity (Wildman–Crippen MR) is 116 cm³/mol. The third-order valence-corrected chi connectivity index (χ3v) is 5.07. The number of H-pyrrole nitrogens is 1. The van der Waals surface area contributed by atoms with Crippen LogP contribution in [0, 0.1) is 0 Å². The molecule has 0 amide bonds. The van der Waals surface area contributed by atoms with E-state index in [1.165, 1.54) is 0 Å². The van der Waals surface area contributed by atoms with Crippen molar-refractivity contribution in [3.63, 3.8) is 0 Å². The SMILES string of the molecule is Cn1c(=O)c(Cc2ccccc2)cc2cnc(Nc3ccc4cc[nH]c4c3)nc21. The summed E-state index contributed by atoms with van der Waals surface area (Å²) in [4.78, 5) is 25.1. The molecule has 5 rings (SSSR count). The van der Waals surface area contributed by atoms with Crippen LogP contribution in [0.1, 0.15) is 11.1 Å². The zero-order valence-corrected chi connectivity index (χ0v) is 15.9. The molecule has 0 radical (unpaired) electrons. The molecule has 0 spiro atoms. The Hall–Kier alpha value is -3.93. The van der Waals surface area contributed by atoms with Crippen molar-refractivity contribution < 1.29 is 0 Å². The van der Waals surface area contributed by atoms with Gasteiger partial charge in [0.2, 0.25) is 5.95 Å². The van der Waals surface area contributed by atoms with Gasteiger partial charge in [0.1, 0.15) is 5.65 Å². The van der Waals surface area contributed by atoms with E-state index in [2.05, 4.69) is 20.3 Å². The van der Waals surface area contributed by atoms with Crippen LogP contribution in [0.3, 0.4) is 0 Å². The molecular formula is C23H19N5O. The number of nitrogens with one attached hydrogen (secondary N) is 2. The van der Waals surface area contributed by atoms with E-state index in [9.17, 15) is 4.79 Å². The first kappa shape index (κ1) is 17.2. The molecule has 5 aromatic rings. The highest BCUT2D eigenvalue weighted by Crippen LogP contribution is 2.21. The zero-order valence-electron chi connectivity index (χ0n) is 15.9. The maximum Gasteiger partial charge on any atom is 0.255 e. The average molecular weight is 381 g/mol. The van der Waals surface area contributed by atoms with Gasteiger partial charge in [0.05, 0.1) is 0 Å². The molecule has 6 nitrogen and oxygen atoms in total. The Morgan fingerprint density at radius 2 is 1.90 bits per heavy atom. The number of fused-ring (bicyclic) bond motifs is 2. The van der Waals surface area contributed by atoms with E-state index in [1.807, 2.05) is 66.9 Å². The molecule has 0 saturated carbocycles. The maximum absolute atomic E-state index is 12.9. The second-order valence-electron chi connectivity index (χ2n) is 7.07. The Morgan fingerprint density at radius 3 is 2.76 bits per heavy atom. The fourth-order valence-corrected chi connectivity index (χ4v) is 3.57. The molecule has 0 aliphatic rings. The topological polar surface area (TPSA) is 75.6 Å². The van der Waals surface area contributed by atoms with Gasteiger partial charge < -0.3 is 10.3 Å². The molecular weight excluding hydrogens is 362 g/mol. The van der Waals surface area contributed by atoms with Crippen LogP contribution in [0.4, 0.5) is 11.6 Å². The van der Waals surface area contributed by atoms with E-state index in [0.29, 0.717) is 18.0 Å². The minimum Gasteiger partial charge on any atom is -0.361 e. The predicted octanol–water partition coefficient (Wildman–Crippen LogP) is 4.14. The number of rotatable bonds is 4. The van der Waals surface area contributed by atoms with Crippen molar-refractivity contribution >= 4 is 33.6 Å². The molecule has 0 atom stereocenters. The van der Waals surface area contributed by atoms with Crippen LogP contribution in [0.25, 0.3) is 21.9 Å². The lowest BCUT2D eigenvalue weighted by Gasteiger charge is -2.10. The summed E-state index contributed by atoms with van der Waals surface area (Å²) in [5.41, 5.74) is 4.30. The average Bonchev–Trinajstić information content (AvgIpc) is 3.21. The summed E-state index contributed by atoms with van der Waals surface area (Å²) in [5, 5.41) is 5.20. The number of nitrogens with zero attached hydrogens (tertiary/aromatic N) is 3. The number of anilines is 2. The van der Waals surface area contributed by atoms with Crippen molar-refractivity contribution in [1.82, 2.24) is 19.5 Å². The van der Waals surface area contributed by atoms with Gasteiger partial charge in [0.25, 0.3) is 5.56 Å². The number of aryl methyl sites for hydroxylation is 1. The van der Waals surface area contributed by atoms with Crippen LogP contribution in [0.2, 0.25) is 0 Å². The number of hydrogen-bond acceptors (Lipinski definition) is 4. The van der Waals surface area contributed by atoms with E-state index in [-0.39, 0.29) is 5.56 Å². The van der Waals surface area contributed by atoms with Gasteiger partial charge in [-0.05, 0) is 35.2 Å². The maximum atomic E-state index is 12.9. The lowest BCUT2D eigenvalue weighted by atomic mass is 10.1. The van der Waals surface area contributed by atoms with Crippen molar-refractivity contribution in [2.75, 3.05) is 5.32 Å². The fraction of sp³-hybridized carbons (Fsp3) is 0.0870. The summed E-state index contributed by atoms with van der Waals surface area (Å²) >= 11 is 0. The molecule has 0 aliphatic heterocycles. The highest BCUT2D eigenvalue weighted by atomic mass is 16.1. The molecule has 29 heavy (non-hydrogen) atoms. The monoisotopic (exact) mass is 381 g/mol. The van der Waals surface area contributed by atoms with Crippen molar-refractivity contribution in [2.45, 2.75) is 6.42 Å².